The lowest BCUT2D eigenvalue weighted by molar-refractivity contribution is 0.402. The predicted molar refractivity (Wildman–Crippen MR) is 80.9 cm³/mol. The van der Waals surface area contributed by atoms with Crippen LogP contribution < -0.4 is 10.5 Å². The Morgan fingerprint density at radius 3 is 2.55 bits per heavy atom. The monoisotopic (exact) mass is 319 g/mol. The molecule has 0 heterocycles. The first-order chi connectivity index (χ1) is 9.15. The molecule has 0 radical (unpaired) electrons. The SMILES string of the molecule is CC(C)N(C)S(=O)(=O)NCc1ccc(C(N)=S)cc1F. The molecule has 0 spiro atoms. The Labute approximate surface area is 124 Å². The van der Waals surface area contributed by atoms with Crippen LogP contribution in [0.15, 0.2) is 18.2 Å². The zero-order valence-electron chi connectivity index (χ0n) is 11.6. The maximum absolute atomic E-state index is 13.8. The summed E-state index contributed by atoms with van der Waals surface area (Å²) in [5.41, 5.74) is 6.03. The van der Waals surface area contributed by atoms with E-state index in [0.29, 0.717) is 5.56 Å². The fraction of sp³-hybridized carbons (Fsp3) is 0.417. The molecule has 0 fully saturated rings. The van der Waals surface area contributed by atoms with Crippen LogP contribution in [0, 0.1) is 5.82 Å². The van der Waals surface area contributed by atoms with Crippen molar-refractivity contribution in [3.8, 4) is 0 Å². The highest BCUT2D eigenvalue weighted by molar-refractivity contribution is 7.87. The Morgan fingerprint density at radius 1 is 1.50 bits per heavy atom. The van der Waals surface area contributed by atoms with Crippen LogP contribution in [0.4, 0.5) is 4.39 Å². The molecule has 20 heavy (non-hydrogen) atoms. The molecule has 0 atom stereocenters. The number of nitrogens with two attached hydrogens (primary N) is 1. The molecule has 0 saturated heterocycles. The summed E-state index contributed by atoms with van der Waals surface area (Å²) in [6.45, 7) is 3.36. The smallest absolute Gasteiger partial charge is 0.279 e. The van der Waals surface area contributed by atoms with E-state index in [4.69, 9.17) is 18.0 Å². The molecule has 0 saturated carbocycles. The first-order valence-electron chi connectivity index (χ1n) is 5.96. The van der Waals surface area contributed by atoms with Gasteiger partial charge < -0.3 is 5.73 Å². The Bertz CT molecular complexity index is 603. The van der Waals surface area contributed by atoms with Crippen molar-refractivity contribution < 1.29 is 12.8 Å². The van der Waals surface area contributed by atoms with Gasteiger partial charge in [-0.3, -0.25) is 0 Å². The summed E-state index contributed by atoms with van der Waals surface area (Å²) >= 11 is 4.74. The number of halogens is 1. The number of nitrogens with zero attached hydrogens (tertiary/aromatic N) is 1. The molecular formula is C12H18FN3O2S2. The number of nitrogens with one attached hydrogen (secondary N) is 1. The zero-order valence-corrected chi connectivity index (χ0v) is 13.2. The highest BCUT2D eigenvalue weighted by Gasteiger charge is 2.20. The molecule has 0 amide bonds. The van der Waals surface area contributed by atoms with E-state index in [1.54, 1.807) is 19.9 Å². The Morgan fingerprint density at radius 2 is 2.10 bits per heavy atom. The molecule has 0 aromatic heterocycles. The maximum atomic E-state index is 13.8. The summed E-state index contributed by atoms with van der Waals surface area (Å²) in [7, 11) is -2.18. The van der Waals surface area contributed by atoms with Gasteiger partial charge in [0.15, 0.2) is 0 Å². The van der Waals surface area contributed by atoms with Gasteiger partial charge >= 0.3 is 0 Å². The minimum Gasteiger partial charge on any atom is -0.389 e. The molecule has 0 bridgehead atoms. The highest BCUT2D eigenvalue weighted by Crippen LogP contribution is 2.11. The van der Waals surface area contributed by atoms with Crippen LogP contribution in [0.2, 0.25) is 0 Å². The van der Waals surface area contributed by atoms with Crippen molar-refractivity contribution in [2.75, 3.05) is 7.05 Å². The number of hydrogen-bond donors (Lipinski definition) is 2. The molecule has 1 aromatic carbocycles. The predicted octanol–water partition coefficient (Wildman–Crippen LogP) is 1.13. The van der Waals surface area contributed by atoms with Gasteiger partial charge in [-0.25, -0.2) is 4.39 Å². The van der Waals surface area contributed by atoms with Gasteiger partial charge in [0, 0.05) is 30.8 Å². The summed E-state index contributed by atoms with van der Waals surface area (Å²) in [5.74, 6) is -0.551. The van der Waals surface area contributed by atoms with Crippen molar-refractivity contribution in [2.45, 2.75) is 26.4 Å². The second-order valence-electron chi connectivity index (χ2n) is 4.61. The van der Waals surface area contributed by atoms with Gasteiger partial charge in [0.1, 0.15) is 10.8 Å². The van der Waals surface area contributed by atoms with Gasteiger partial charge in [-0.15, -0.1) is 0 Å². The average Bonchev–Trinajstić information content (AvgIpc) is 2.35. The van der Waals surface area contributed by atoms with Crippen molar-refractivity contribution in [2.24, 2.45) is 5.73 Å². The van der Waals surface area contributed by atoms with Gasteiger partial charge in [-0.05, 0) is 19.9 Å². The quantitative estimate of drug-likeness (QED) is 0.771. The van der Waals surface area contributed by atoms with Gasteiger partial charge in [0.05, 0.1) is 0 Å². The first kappa shape index (κ1) is 17.0. The molecule has 8 heteroatoms. The minimum atomic E-state index is -3.63. The van der Waals surface area contributed by atoms with Gasteiger partial charge in [-0.2, -0.15) is 17.4 Å². The van der Waals surface area contributed by atoms with Crippen LogP contribution in [0.3, 0.4) is 0 Å². The lowest BCUT2D eigenvalue weighted by Gasteiger charge is -2.21. The highest BCUT2D eigenvalue weighted by atomic mass is 32.2. The van der Waals surface area contributed by atoms with Crippen molar-refractivity contribution >= 4 is 27.4 Å². The number of benzene rings is 1. The van der Waals surface area contributed by atoms with Crippen molar-refractivity contribution in [3.63, 3.8) is 0 Å². The van der Waals surface area contributed by atoms with E-state index >= 15 is 0 Å². The number of rotatable bonds is 6. The molecule has 1 rings (SSSR count). The van der Waals surface area contributed by atoms with E-state index in [0.717, 1.165) is 0 Å². The Hall–Kier alpha value is -1.09. The van der Waals surface area contributed by atoms with Crippen molar-refractivity contribution in [1.29, 1.82) is 0 Å². The molecule has 5 nitrogen and oxygen atoms in total. The first-order valence-corrected chi connectivity index (χ1v) is 7.81. The lowest BCUT2D eigenvalue weighted by atomic mass is 10.1. The van der Waals surface area contributed by atoms with Crippen LogP contribution in [0.5, 0.6) is 0 Å². The van der Waals surface area contributed by atoms with E-state index < -0.39 is 16.0 Å². The van der Waals surface area contributed by atoms with E-state index in [1.165, 1.54) is 23.5 Å². The van der Waals surface area contributed by atoms with Gasteiger partial charge in [-0.1, -0.05) is 24.4 Å². The van der Waals surface area contributed by atoms with Crippen molar-refractivity contribution in [3.05, 3.63) is 35.1 Å². The van der Waals surface area contributed by atoms with Gasteiger partial charge in [0.2, 0.25) is 0 Å². The topological polar surface area (TPSA) is 75.4 Å². The van der Waals surface area contributed by atoms with Crippen LogP contribution in [-0.2, 0) is 16.8 Å². The zero-order chi connectivity index (χ0) is 15.5. The summed E-state index contributed by atoms with van der Waals surface area (Å²) < 4.78 is 41.1. The van der Waals surface area contributed by atoms with E-state index in [1.807, 2.05) is 0 Å². The molecule has 3 N–H and O–H groups in total. The molecule has 0 aliphatic heterocycles. The lowest BCUT2D eigenvalue weighted by Crippen LogP contribution is -2.41. The molecule has 0 unspecified atom stereocenters. The molecular weight excluding hydrogens is 301 g/mol. The second kappa shape index (κ2) is 6.57. The molecule has 0 aliphatic carbocycles. The largest absolute Gasteiger partial charge is 0.389 e. The fourth-order valence-electron chi connectivity index (χ4n) is 1.39. The summed E-state index contributed by atoms with van der Waals surface area (Å²) in [6, 6.07) is 4.02. The van der Waals surface area contributed by atoms with Gasteiger partial charge in [0.25, 0.3) is 10.2 Å². The Balaban J connectivity index is 2.83. The third-order valence-corrected chi connectivity index (χ3v) is 4.81. The van der Waals surface area contributed by atoms with Crippen LogP contribution >= 0.6 is 12.2 Å². The minimum absolute atomic E-state index is 0.0931. The van der Waals surface area contributed by atoms with E-state index in [9.17, 15) is 12.8 Å². The number of thiocarbonyl (C=S) groups is 1. The Kier molecular flexibility index (Phi) is 5.58. The third kappa shape index (κ3) is 4.20. The van der Waals surface area contributed by atoms with Crippen LogP contribution in [0.25, 0.3) is 0 Å². The second-order valence-corrected chi connectivity index (χ2v) is 6.86. The van der Waals surface area contributed by atoms with Crippen molar-refractivity contribution in [1.82, 2.24) is 9.03 Å². The summed E-state index contributed by atoms with van der Waals surface area (Å²) in [4.78, 5) is 0.0931. The van der Waals surface area contributed by atoms with Crippen LogP contribution in [-0.4, -0.2) is 30.8 Å². The fourth-order valence-corrected chi connectivity index (χ4v) is 2.62. The van der Waals surface area contributed by atoms with Crippen LogP contribution in [0.1, 0.15) is 25.0 Å². The molecule has 1 aromatic rings. The average molecular weight is 319 g/mol. The van der Waals surface area contributed by atoms with E-state index in [2.05, 4.69) is 4.72 Å². The maximum Gasteiger partial charge on any atom is 0.279 e. The summed E-state index contributed by atoms with van der Waals surface area (Å²) in [5, 5.41) is 0. The molecule has 0 aliphatic rings. The third-order valence-electron chi connectivity index (χ3n) is 2.89. The standard InChI is InChI=1S/C12H18FN3O2S2/c1-8(2)16(3)20(17,18)15-7-10-5-4-9(12(14)19)6-11(10)13/h4-6,8,15H,7H2,1-3H3,(H2,14,19). The molecule has 112 valence electrons. The van der Waals surface area contributed by atoms with E-state index in [-0.39, 0.29) is 23.1 Å². The number of hydrogen-bond acceptors (Lipinski definition) is 3. The summed E-state index contributed by atoms with van der Waals surface area (Å²) in [6.07, 6.45) is 0. The normalized spacial score (nSPS) is 12.1.